The Morgan fingerprint density at radius 2 is 1.43 bits per heavy atom. The van der Waals surface area contributed by atoms with Gasteiger partial charge in [0.25, 0.3) is 11.5 Å². The van der Waals surface area contributed by atoms with Gasteiger partial charge in [-0.2, -0.15) is 0 Å². The molecule has 5 rings (SSSR count). The summed E-state index contributed by atoms with van der Waals surface area (Å²) in [5.74, 6) is -0.899. The summed E-state index contributed by atoms with van der Waals surface area (Å²) < 4.78 is 28.7. The second-order valence-electron chi connectivity index (χ2n) is 8.71. The Morgan fingerprint density at radius 3 is 2.11 bits per heavy atom. The van der Waals surface area contributed by atoms with Crippen molar-refractivity contribution in [3.05, 3.63) is 142 Å². The number of fused-ring (bicyclic) bond motifs is 1. The fourth-order valence-electron chi connectivity index (χ4n) is 4.33. The molecule has 0 aliphatic heterocycles. The van der Waals surface area contributed by atoms with E-state index >= 15 is 0 Å². The maximum atomic E-state index is 13.8. The standard InChI is InChI=1S/C30H23F2N3O2/c1-20(34(19-21-7-3-2-4-8-21)29(36)22-11-13-23(31)14-12-22)28-33-27-10-6-5-9-26(27)30(37)35(28)25-17-15-24(32)16-18-25/h2-18,20H,19H2,1H3. The Bertz CT molecular complexity index is 1620. The van der Waals surface area contributed by atoms with Crippen LogP contribution < -0.4 is 5.56 Å². The van der Waals surface area contributed by atoms with Gasteiger partial charge >= 0.3 is 0 Å². The van der Waals surface area contributed by atoms with Crippen LogP contribution >= 0.6 is 0 Å². The minimum Gasteiger partial charge on any atom is -0.324 e. The molecule has 4 aromatic carbocycles. The van der Waals surface area contributed by atoms with Crippen LogP contribution in [-0.4, -0.2) is 20.4 Å². The van der Waals surface area contributed by atoms with E-state index in [4.69, 9.17) is 4.98 Å². The molecule has 1 amide bonds. The zero-order valence-corrected chi connectivity index (χ0v) is 20.0. The highest BCUT2D eigenvalue weighted by Gasteiger charge is 2.28. The lowest BCUT2D eigenvalue weighted by Gasteiger charge is -2.31. The molecule has 37 heavy (non-hydrogen) atoms. The number of para-hydroxylation sites is 1. The molecule has 1 aromatic heterocycles. The van der Waals surface area contributed by atoms with E-state index in [0.29, 0.717) is 28.0 Å². The minimum absolute atomic E-state index is 0.227. The molecule has 1 atom stereocenters. The molecule has 1 heterocycles. The monoisotopic (exact) mass is 495 g/mol. The van der Waals surface area contributed by atoms with Crippen molar-refractivity contribution in [2.24, 2.45) is 0 Å². The number of hydrogen-bond donors (Lipinski definition) is 0. The number of carbonyl (C=O) groups excluding carboxylic acids is 1. The number of amides is 1. The predicted octanol–water partition coefficient (Wildman–Crippen LogP) is 6.07. The number of carbonyl (C=O) groups is 1. The number of hydrogen-bond acceptors (Lipinski definition) is 3. The number of aromatic nitrogens is 2. The van der Waals surface area contributed by atoms with E-state index in [2.05, 4.69) is 0 Å². The SMILES string of the molecule is CC(c1nc2ccccc2c(=O)n1-c1ccc(F)cc1)N(Cc1ccccc1)C(=O)c1ccc(F)cc1. The Morgan fingerprint density at radius 1 is 0.838 bits per heavy atom. The van der Waals surface area contributed by atoms with E-state index in [1.165, 1.54) is 53.1 Å². The van der Waals surface area contributed by atoms with Crippen molar-refractivity contribution in [3.63, 3.8) is 0 Å². The predicted molar refractivity (Wildman–Crippen MR) is 138 cm³/mol. The van der Waals surface area contributed by atoms with Crippen molar-refractivity contribution in [3.8, 4) is 5.69 Å². The van der Waals surface area contributed by atoms with E-state index in [1.54, 1.807) is 36.1 Å². The van der Waals surface area contributed by atoms with E-state index < -0.39 is 17.7 Å². The molecule has 0 radical (unpaired) electrons. The minimum atomic E-state index is -0.680. The largest absolute Gasteiger partial charge is 0.324 e. The number of nitrogens with zero attached hydrogens (tertiary/aromatic N) is 3. The molecule has 5 aromatic rings. The Balaban J connectivity index is 1.69. The lowest BCUT2D eigenvalue weighted by atomic mass is 10.1. The van der Waals surface area contributed by atoms with Gasteiger partial charge in [-0.15, -0.1) is 0 Å². The highest BCUT2D eigenvalue weighted by molar-refractivity contribution is 5.94. The maximum absolute atomic E-state index is 13.8. The summed E-state index contributed by atoms with van der Waals surface area (Å²) >= 11 is 0. The van der Waals surface area contributed by atoms with Crippen LogP contribution in [-0.2, 0) is 6.54 Å². The second-order valence-corrected chi connectivity index (χ2v) is 8.71. The summed E-state index contributed by atoms with van der Waals surface area (Å²) in [6.45, 7) is 2.02. The average Bonchev–Trinajstić information content (AvgIpc) is 2.92. The Labute approximate surface area is 212 Å². The van der Waals surface area contributed by atoms with Gasteiger partial charge in [0.15, 0.2) is 0 Å². The molecule has 0 aliphatic rings. The van der Waals surface area contributed by atoms with Gasteiger partial charge in [0.05, 0.1) is 22.6 Å². The first-order chi connectivity index (χ1) is 17.9. The molecule has 0 spiro atoms. The van der Waals surface area contributed by atoms with Crippen molar-refractivity contribution >= 4 is 16.8 Å². The molecule has 184 valence electrons. The molecule has 0 bridgehead atoms. The van der Waals surface area contributed by atoms with Crippen LogP contribution in [0, 0.1) is 11.6 Å². The first-order valence-electron chi connectivity index (χ1n) is 11.8. The van der Waals surface area contributed by atoms with E-state index in [-0.39, 0.29) is 18.0 Å². The normalized spacial score (nSPS) is 11.9. The van der Waals surface area contributed by atoms with Gasteiger partial charge in [-0.05, 0) is 73.2 Å². The van der Waals surface area contributed by atoms with Gasteiger partial charge < -0.3 is 4.90 Å². The summed E-state index contributed by atoms with van der Waals surface area (Å²) in [5.41, 5.74) is 1.77. The van der Waals surface area contributed by atoms with Crippen LogP contribution in [0.5, 0.6) is 0 Å². The lowest BCUT2D eigenvalue weighted by Crippen LogP contribution is -2.37. The van der Waals surface area contributed by atoms with Gasteiger partial charge in [-0.3, -0.25) is 14.2 Å². The third-order valence-corrected chi connectivity index (χ3v) is 6.28. The van der Waals surface area contributed by atoms with Crippen LogP contribution in [0.4, 0.5) is 8.78 Å². The van der Waals surface area contributed by atoms with Crippen LogP contribution in [0.25, 0.3) is 16.6 Å². The van der Waals surface area contributed by atoms with Gasteiger partial charge in [-0.25, -0.2) is 13.8 Å². The molecular formula is C30H23F2N3O2. The molecule has 0 saturated heterocycles. The fraction of sp³-hybridized carbons (Fsp3) is 0.100. The van der Waals surface area contributed by atoms with Crippen molar-refractivity contribution in [2.75, 3.05) is 0 Å². The Kier molecular flexibility index (Phi) is 6.60. The Hall–Kier alpha value is -4.65. The van der Waals surface area contributed by atoms with Crippen LogP contribution in [0.15, 0.2) is 108 Å². The molecule has 0 fully saturated rings. The highest BCUT2D eigenvalue weighted by Crippen LogP contribution is 2.26. The summed E-state index contributed by atoms with van der Waals surface area (Å²) in [7, 11) is 0. The molecule has 0 saturated carbocycles. The maximum Gasteiger partial charge on any atom is 0.266 e. The third-order valence-electron chi connectivity index (χ3n) is 6.28. The number of halogens is 2. The number of benzene rings is 4. The van der Waals surface area contributed by atoms with Gasteiger partial charge in [0.2, 0.25) is 0 Å². The highest BCUT2D eigenvalue weighted by atomic mass is 19.1. The smallest absolute Gasteiger partial charge is 0.266 e. The summed E-state index contributed by atoms with van der Waals surface area (Å²) in [4.78, 5) is 33.8. The lowest BCUT2D eigenvalue weighted by molar-refractivity contribution is 0.0664. The second kappa shape index (κ2) is 10.1. The first kappa shape index (κ1) is 24.1. The van der Waals surface area contributed by atoms with Gasteiger partial charge in [0.1, 0.15) is 17.5 Å². The van der Waals surface area contributed by atoms with Crippen LogP contribution in [0.3, 0.4) is 0 Å². The zero-order valence-electron chi connectivity index (χ0n) is 20.0. The van der Waals surface area contributed by atoms with E-state index in [1.807, 2.05) is 30.3 Å². The third kappa shape index (κ3) is 4.89. The number of rotatable bonds is 6. The summed E-state index contributed by atoms with van der Waals surface area (Å²) in [6.07, 6.45) is 0. The van der Waals surface area contributed by atoms with E-state index in [9.17, 15) is 18.4 Å². The molecule has 5 nitrogen and oxygen atoms in total. The van der Waals surface area contributed by atoms with Crippen LogP contribution in [0.2, 0.25) is 0 Å². The summed E-state index contributed by atoms with van der Waals surface area (Å²) in [6, 6.07) is 26.6. The molecular weight excluding hydrogens is 472 g/mol. The van der Waals surface area contributed by atoms with Crippen molar-refractivity contribution in [1.82, 2.24) is 14.5 Å². The zero-order chi connectivity index (χ0) is 25.9. The molecule has 7 heteroatoms. The quantitative estimate of drug-likeness (QED) is 0.287. The van der Waals surface area contributed by atoms with Gasteiger partial charge in [0, 0.05) is 12.1 Å². The van der Waals surface area contributed by atoms with Crippen molar-refractivity contribution in [1.29, 1.82) is 0 Å². The molecule has 1 unspecified atom stereocenters. The molecule has 0 aliphatic carbocycles. The first-order valence-corrected chi connectivity index (χ1v) is 11.8. The van der Waals surface area contributed by atoms with Gasteiger partial charge in [-0.1, -0.05) is 42.5 Å². The van der Waals surface area contributed by atoms with Crippen LogP contribution in [0.1, 0.15) is 34.7 Å². The fourth-order valence-corrected chi connectivity index (χ4v) is 4.33. The molecule has 0 N–H and O–H groups in total. The van der Waals surface area contributed by atoms with E-state index in [0.717, 1.165) is 5.56 Å². The summed E-state index contributed by atoms with van der Waals surface area (Å²) in [5, 5.41) is 0.405. The topological polar surface area (TPSA) is 55.2 Å². The average molecular weight is 496 g/mol. The van der Waals surface area contributed by atoms with Crippen molar-refractivity contribution < 1.29 is 13.6 Å². The van der Waals surface area contributed by atoms with Crippen molar-refractivity contribution in [2.45, 2.75) is 19.5 Å².